The number of aliphatic hydroxyl groups is 2. The largest absolute Gasteiger partial charge is 0.459 e. The van der Waals surface area contributed by atoms with E-state index in [0.29, 0.717) is 30.7 Å². The van der Waals surface area contributed by atoms with Gasteiger partial charge in [-0.25, -0.2) is 4.99 Å². The van der Waals surface area contributed by atoms with Crippen molar-refractivity contribution in [2.75, 3.05) is 20.2 Å². The Bertz CT molecular complexity index is 1660. The molecule has 0 aromatic heterocycles. The molecule has 4 rings (SSSR count). The zero-order valence-electron chi connectivity index (χ0n) is 38.6. The number of cyclic esters (lactones) is 1. The second-order valence-electron chi connectivity index (χ2n) is 19.5. The first-order valence-electron chi connectivity index (χ1n) is 22.1. The first kappa shape index (κ1) is 49.6. The number of aliphatic imine (C=N–C) groups is 1. The minimum Gasteiger partial charge on any atom is -0.459 e. The molecular weight excluding hydrogens is 767 g/mol. The standard InChI is InChI=1S/C47H75N3O10/c1-14-38-47(12,55)36-21-20-35(49-57-26-34-18-16-15-17-19-34)27-56-46(11,25-28(2)39(30(36)4)48-33(7)51)42(31(5)40(52)32(6)43(54)59-38)60-44-41(53)37(24-29(3)58-44)50(13)23-22-45(8,9)10/h15-19,28-32,36-38,41-42,44,53,55H,14,20-27H2,1-13H3/b48-39?,49-35+/t28-,29-,30-,31+,32-,36-,37+,38-,41-,42-,44+,46-,47+/m1/s1. The van der Waals surface area contributed by atoms with E-state index >= 15 is 0 Å². The molecule has 1 aromatic carbocycles. The molecule has 2 N–H and O–H groups in total. The number of hydrogen-bond acceptors (Lipinski definition) is 12. The van der Waals surface area contributed by atoms with Crippen LogP contribution in [0, 0.1) is 35.0 Å². The van der Waals surface area contributed by atoms with Crippen LogP contribution in [0.15, 0.2) is 40.5 Å². The molecule has 60 heavy (non-hydrogen) atoms. The van der Waals surface area contributed by atoms with Crippen molar-refractivity contribution in [3.8, 4) is 0 Å². The molecule has 1 aromatic rings. The lowest BCUT2D eigenvalue weighted by atomic mass is 9.68. The smallest absolute Gasteiger partial charge is 0.316 e. The predicted octanol–water partition coefficient (Wildman–Crippen LogP) is 6.94. The van der Waals surface area contributed by atoms with Crippen LogP contribution in [0.1, 0.15) is 127 Å². The topological polar surface area (TPSA) is 166 Å². The highest BCUT2D eigenvalue weighted by atomic mass is 16.7. The zero-order valence-corrected chi connectivity index (χ0v) is 38.6. The van der Waals surface area contributed by atoms with Gasteiger partial charge in [0.1, 0.15) is 30.3 Å². The number of rotatable bonds is 9. The molecule has 13 heteroatoms. The highest BCUT2D eigenvalue weighted by Gasteiger charge is 2.52. The van der Waals surface area contributed by atoms with Crippen LogP contribution >= 0.6 is 0 Å². The number of fused-ring (bicyclic) bond motifs is 5. The van der Waals surface area contributed by atoms with Crippen LogP contribution in [0.3, 0.4) is 0 Å². The lowest BCUT2D eigenvalue weighted by Crippen LogP contribution is -2.60. The van der Waals surface area contributed by atoms with E-state index in [1.807, 2.05) is 72.0 Å². The first-order valence-corrected chi connectivity index (χ1v) is 22.1. The Morgan fingerprint density at radius 1 is 1.05 bits per heavy atom. The normalized spacial score (nSPS) is 37.9. The van der Waals surface area contributed by atoms with E-state index in [1.165, 1.54) is 13.8 Å². The number of esters is 1. The van der Waals surface area contributed by atoms with Crippen LogP contribution < -0.4 is 0 Å². The zero-order chi connectivity index (χ0) is 44.7. The van der Waals surface area contributed by atoms with Gasteiger partial charge in [-0.15, -0.1) is 0 Å². The number of carbonyl (C=O) groups is 3. The minimum absolute atomic E-state index is 0.0218. The van der Waals surface area contributed by atoms with Gasteiger partial charge in [0, 0.05) is 30.5 Å². The molecule has 3 fully saturated rings. The third-order valence-electron chi connectivity index (χ3n) is 13.1. The molecule has 13 atom stereocenters. The van der Waals surface area contributed by atoms with Gasteiger partial charge >= 0.3 is 5.97 Å². The predicted molar refractivity (Wildman–Crippen MR) is 231 cm³/mol. The van der Waals surface area contributed by atoms with Gasteiger partial charge in [-0.05, 0) is 103 Å². The summed E-state index contributed by atoms with van der Waals surface area (Å²) >= 11 is 0. The quantitative estimate of drug-likeness (QED) is 0.150. The third kappa shape index (κ3) is 12.5. The van der Waals surface area contributed by atoms with E-state index in [2.05, 4.69) is 35.8 Å². The molecule has 0 aliphatic carbocycles. The molecule has 0 saturated carbocycles. The summed E-state index contributed by atoms with van der Waals surface area (Å²) in [5.41, 5.74) is -0.811. The van der Waals surface area contributed by atoms with Crippen LogP contribution in [-0.2, 0) is 44.8 Å². The van der Waals surface area contributed by atoms with Crippen LogP contribution in [-0.4, -0.2) is 112 Å². The van der Waals surface area contributed by atoms with Crippen molar-refractivity contribution in [2.24, 2.45) is 45.2 Å². The summed E-state index contributed by atoms with van der Waals surface area (Å²) < 4.78 is 26.4. The maximum atomic E-state index is 14.6. The number of Topliss-reactive ketones (excluding diaryl/α,β-unsaturated/α-hetero) is 1. The summed E-state index contributed by atoms with van der Waals surface area (Å²) in [6, 6.07) is 9.37. The number of nitrogens with zero attached hydrogens (tertiary/aromatic N) is 3. The van der Waals surface area contributed by atoms with Crippen molar-refractivity contribution < 1.29 is 48.4 Å². The van der Waals surface area contributed by atoms with Gasteiger partial charge in [-0.1, -0.05) is 84.0 Å². The number of carbonyl (C=O) groups excluding carboxylic acids is 3. The lowest BCUT2D eigenvalue weighted by molar-refractivity contribution is -0.297. The highest BCUT2D eigenvalue weighted by molar-refractivity contribution is 6.00. The number of aliphatic hydroxyl groups excluding tert-OH is 1. The number of benzene rings is 1. The molecule has 13 nitrogen and oxygen atoms in total. The van der Waals surface area contributed by atoms with Crippen LogP contribution in [0.5, 0.6) is 0 Å². The first-order chi connectivity index (χ1) is 28.0. The van der Waals surface area contributed by atoms with Gasteiger partial charge in [-0.2, -0.15) is 0 Å². The number of amides is 1. The minimum atomic E-state index is -1.61. The summed E-state index contributed by atoms with van der Waals surface area (Å²) in [7, 11) is 2.00. The van der Waals surface area contributed by atoms with E-state index in [4.69, 9.17) is 23.8 Å². The monoisotopic (exact) mass is 842 g/mol. The molecule has 0 unspecified atom stereocenters. The number of ketones is 1. The van der Waals surface area contributed by atoms with E-state index in [0.717, 1.165) is 18.5 Å². The van der Waals surface area contributed by atoms with Crippen LogP contribution in [0.2, 0.25) is 0 Å². The molecular formula is C47H75N3O10. The van der Waals surface area contributed by atoms with Gasteiger partial charge in [0.05, 0.1) is 30.1 Å². The maximum absolute atomic E-state index is 14.6. The fraction of sp³-hybridized carbons (Fsp3) is 0.766. The van der Waals surface area contributed by atoms with Gasteiger partial charge in [-0.3, -0.25) is 14.4 Å². The summed E-state index contributed by atoms with van der Waals surface area (Å²) in [6.45, 7) is 23.3. The summed E-state index contributed by atoms with van der Waals surface area (Å²) in [5, 5.41) is 29.2. The second kappa shape index (κ2) is 20.9. The maximum Gasteiger partial charge on any atom is 0.316 e. The van der Waals surface area contributed by atoms with Crippen LogP contribution in [0.4, 0.5) is 0 Å². The molecule has 1 amide bonds. The third-order valence-corrected chi connectivity index (χ3v) is 13.1. The Morgan fingerprint density at radius 3 is 2.33 bits per heavy atom. The van der Waals surface area contributed by atoms with Crippen molar-refractivity contribution in [3.63, 3.8) is 0 Å². The molecule has 338 valence electrons. The van der Waals surface area contributed by atoms with E-state index in [-0.39, 0.29) is 43.6 Å². The van der Waals surface area contributed by atoms with Crippen molar-refractivity contribution in [2.45, 2.75) is 176 Å². The molecule has 3 aliphatic heterocycles. The van der Waals surface area contributed by atoms with Crippen molar-refractivity contribution in [3.05, 3.63) is 35.9 Å². The van der Waals surface area contributed by atoms with Gasteiger partial charge in [0.25, 0.3) is 0 Å². The summed E-state index contributed by atoms with van der Waals surface area (Å²) in [6.07, 6.45) is -1.96. The fourth-order valence-electron chi connectivity index (χ4n) is 9.50. The number of oxime groups is 1. The molecule has 0 radical (unpaired) electrons. The average molecular weight is 842 g/mol. The molecule has 2 bridgehead atoms. The Morgan fingerprint density at radius 2 is 1.72 bits per heavy atom. The number of ether oxygens (including phenoxy) is 4. The molecule has 3 heterocycles. The highest BCUT2D eigenvalue weighted by Crippen LogP contribution is 2.42. The van der Waals surface area contributed by atoms with E-state index in [1.54, 1.807) is 13.8 Å². The van der Waals surface area contributed by atoms with E-state index < -0.39 is 83.1 Å². The summed E-state index contributed by atoms with van der Waals surface area (Å²) in [4.78, 5) is 54.2. The molecule has 0 spiro atoms. The fourth-order valence-corrected chi connectivity index (χ4v) is 9.50. The average Bonchev–Trinajstić information content (AvgIpc) is 3.19. The van der Waals surface area contributed by atoms with Gasteiger partial charge in [0.15, 0.2) is 12.1 Å². The van der Waals surface area contributed by atoms with Gasteiger partial charge in [0.2, 0.25) is 5.91 Å². The van der Waals surface area contributed by atoms with E-state index in [9.17, 15) is 24.6 Å². The Hall–Kier alpha value is -3.07. The van der Waals surface area contributed by atoms with Crippen molar-refractivity contribution >= 4 is 29.1 Å². The van der Waals surface area contributed by atoms with Gasteiger partial charge < -0.3 is 38.9 Å². The molecule has 3 saturated heterocycles. The number of hydrogen-bond donors (Lipinski definition) is 2. The lowest BCUT2D eigenvalue weighted by Gasteiger charge is -2.48. The SMILES string of the molecule is CC[C@H]1OC(=O)[C@H](C)C(=O)[C@H](C)[C@@H](O[C@@H]2O[C@H](C)C[C@H](N(C)CCC(C)(C)C)[C@H]2O)[C@@]2(C)C[C@@H](C)C(=NC(C)=O)[C@H](C)[C@@H](CC/C(=N\OCc3ccccc3)CO2)[C@]1(C)O. The van der Waals surface area contributed by atoms with Crippen LogP contribution in [0.25, 0.3) is 0 Å². The molecule has 3 aliphatic rings. The Labute approximate surface area is 359 Å². The Balaban J connectivity index is 1.91. The van der Waals surface area contributed by atoms with Crippen molar-refractivity contribution in [1.82, 2.24) is 4.90 Å². The summed E-state index contributed by atoms with van der Waals surface area (Å²) in [5.74, 6) is -5.30. The Kier molecular flexibility index (Phi) is 17.2. The number of likely N-dealkylation sites (N-methyl/N-ethyl adjacent to an activating group) is 1. The second-order valence-corrected chi connectivity index (χ2v) is 19.5. The van der Waals surface area contributed by atoms with Crippen molar-refractivity contribution in [1.29, 1.82) is 0 Å².